The Morgan fingerprint density at radius 1 is 0.781 bits per heavy atom. The number of ether oxygens (including phenoxy) is 3. The number of thioether (sulfide) groups is 1. The number of hydrogen-bond donors (Lipinski definition) is 2. The van der Waals surface area contributed by atoms with Gasteiger partial charge in [0, 0.05) is 72.1 Å². The van der Waals surface area contributed by atoms with E-state index in [1.165, 1.54) is 106 Å². The summed E-state index contributed by atoms with van der Waals surface area (Å²) in [6, 6.07) is 14.2. The lowest BCUT2D eigenvalue weighted by atomic mass is 9.79. The number of nitrogens with zero attached hydrogens (tertiary/aromatic N) is 6. The van der Waals surface area contributed by atoms with Gasteiger partial charge in [0.25, 0.3) is 17.1 Å². The van der Waals surface area contributed by atoms with Crippen molar-refractivity contribution in [1.29, 1.82) is 0 Å². The quantitative estimate of drug-likeness (QED) is 0.0711. The molecule has 0 saturated carbocycles. The number of benzene rings is 3. The first-order chi connectivity index (χ1) is 30.5. The van der Waals surface area contributed by atoms with Crippen molar-refractivity contribution in [3.05, 3.63) is 130 Å². The van der Waals surface area contributed by atoms with Crippen LogP contribution in [0.5, 0.6) is 0 Å². The highest BCUT2D eigenvalue weighted by Crippen LogP contribution is 2.52. The smallest absolute Gasteiger partial charge is 0.410 e. The van der Waals surface area contributed by atoms with Crippen molar-refractivity contribution in [2.45, 2.75) is 69.6 Å². The van der Waals surface area contributed by atoms with Crippen LogP contribution < -0.4 is 5.32 Å². The van der Waals surface area contributed by atoms with Crippen LogP contribution in [0.2, 0.25) is 0 Å². The summed E-state index contributed by atoms with van der Waals surface area (Å²) in [7, 11) is 0. The summed E-state index contributed by atoms with van der Waals surface area (Å²) < 4.78 is 16.5. The average molecular weight is 904 g/mol. The van der Waals surface area contributed by atoms with Gasteiger partial charge in [-0.3, -0.25) is 44.8 Å². The second-order valence-electron chi connectivity index (χ2n) is 15.7. The summed E-state index contributed by atoms with van der Waals surface area (Å²) in [4.78, 5) is 104. The number of aliphatic hydroxyl groups excluding tert-OH is 1. The number of alkyl carbamates (subject to hydrolysis) is 1. The second kappa shape index (κ2) is 18.7. The van der Waals surface area contributed by atoms with Crippen LogP contribution in [0.25, 0.3) is 0 Å². The van der Waals surface area contributed by atoms with E-state index in [2.05, 4.69) is 5.32 Å². The predicted octanol–water partition coefficient (Wildman–Crippen LogP) is 4.17. The topological polar surface area (TPSA) is 284 Å². The predicted molar refractivity (Wildman–Crippen MR) is 221 cm³/mol. The van der Waals surface area contributed by atoms with Crippen molar-refractivity contribution in [3.63, 3.8) is 0 Å². The van der Waals surface area contributed by atoms with Crippen LogP contribution in [0.3, 0.4) is 0 Å². The van der Waals surface area contributed by atoms with Crippen LogP contribution in [0.4, 0.5) is 26.7 Å². The zero-order valence-electron chi connectivity index (χ0n) is 34.2. The number of nitro groups is 3. The van der Waals surface area contributed by atoms with E-state index in [-0.39, 0.29) is 68.6 Å². The molecule has 64 heavy (non-hydrogen) atoms. The molecule has 3 aromatic rings. The monoisotopic (exact) mass is 903 g/mol. The number of amides is 4. The number of non-ortho nitro benzene ring substituents is 3. The number of hydrogen-bond acceptors (Lipinski definition) is 16. The normalized spacial score (nSPS) is 21.9. The Labute approximate surface area is 367 Å². The standard InChI is InChI=1S/C41H41N7O15S/c1-22-34-33(23(2)49)38(51)45(34)35(39(52)61-19-24-3-9-28(10-4-24)46(55)56)36(22)64-31-15-32(44(18-31)41(54)63-21-26-7-13-30(14-8-26)48(59)60)37(50)43-16-27(17-43)42-40(53)62-20-25-5-11-29(12-6-25)47(57)58/h3-14,22-23,27,31-34,49H,15-21H2,1-2H3,(H,42,53)/t22-,23-,31+,32+,33-,34-/m1/s1. The largest absolute Gasteiger partial charge is 0.456 e. The van der Waals surface area contributed by atoms with Crippen LogP contribution in [-0.2, 0) is 48.4 Å². The Morgan fingerprint density at radius 3 is 1.75 bits per heavy atom. The van der Waals surface area contributed by atoms with Gasteiger partial charge in [-0.2, -0.15) is 0 Å². The van der Waals surface area contributed by atoms with Gasteiger partial charge in [0.05, 0.1) is 38.9 Å². The Kier molecular flexibility index (Phi) is 13.1. The molecule has 23 heteroatoms. The number of rotatable bonds is 15. The SMILES string of the molecule is C[C@@H](O)[C@H]1C(=O)N2C(C(=O)OCc3ccc([N+](=O)[O-])cc3)=C(S[C@H]3C[C@@H](C(=O)N4CC(NC(=O)OCc5ccc([N+](=O)[O-])cc5)C4)N(C(=O)OCc4ccc([N+](=O)[O-])cc4)C3)[C@H](C)[C@H]12. The van der Waals surface area contributed by atoms with Crippen molar-refractivity contribution in [1.82, 2.24) is 20.0 Å². The fraction of sp³-hybridized carbons (Fsp3) is 0.390. The van der Waals surface area contributed by atoms with Crippen molar-refractivity contribution in [2.24, 2.45) is 11.8 Å². The summed E-state index contributed by atoms with van der Waals surface area (Å²) in [6.07, 6.45) is -2.57. The van der Waals surface area contributed by atoms with Gasteiger partial charge in [-0.1, -0.05) is 6.92 Å². The zero-order valence-corrected chi connectivity index (χ0v) is 35.0. The molecule has 2 N–H and O–H groups in total. The Bertz CT molecular complexity index is 2390. The third kappa shape index (κ3) is 9.44. The summed E-state index contributed by atoms with van der Waals surface area (Å²) in [5, 5.41) is 45.8. The molecule has 0 aromatic heterocycles. The van der Waals surface area contributed by atoms with Gasteiger partial charge in [-0.15, -0.1) is 11.8 Å². The van der Waals surface area contributed by atoms with Gasteiger partial charge in [0.15, 0.2) is 0 Å². The van der Waals surface area contributed by atoms with E-state index in [0.29, 0.717) is 21.6 Å². The van der Waals surface area contributed by atoms with Gasteiger partial charge < -0.3 is 34.4 Å². The van der Waals surface area contributed by atoms with E-state index in [1.807, 2.05) is 0 Å². The lowest BCUT2D eigenvalue weighted by molar-refractivity contribution is -0.385. The zero-order chi connectivity index (χ0) is 46.0. The number of aliphatic hydroxyl groups is 1. The number of carbonyl (C=O) groups is 5. The van der Waals surface area contributed by atoms with E-state index < -0.39 is 86.1 Å². The molecule has 0 aliphatic carbocycles. The molecule has 4 aliphatic rings. The highest BCUT2D eigenvalue weighted by Gasteiger charge is 2.61. The molecule has 0 bridgehead atoms. The molecule has 336 valence electrons. The molecule has 4 heterocycles. The molecule has 3 fully saturated rings. The van der Waals surface area contributed by atoms with Crippen LogP contribution in [0, 0.1) is 42.2 Å². The molecule has 4 aliphatic heterocycles. The Hall–Kier alpha value is -7.14. The van der Waals surface area contributed by atoms with Gasteiger partial charge in [-0.05, 0) is 66.4 Å². The number of nitro benzene ring substituents is 3. The van der Waals surface area contributed by atoms with Crippen molar-refractivity contribution < 1.29 is 58.1 Å². The minimum Gasteiger partial charge on any atom is -0.456 e. The fourth-order valence-corrected chi connectivity index (χ4v) is 9.59. The first-order valence-electron chi connectivity index (χ1n) is 19.9. The van der Waals surface area contributed by atoms with Gasteiger partial charge in [0.2, 0.25) is 11.8 Å². The number of β-lactam (4-membered cyclic amide) rings is 1. The molecular formula is C41H41N7O15S. The lowest BCUT2D eigenvalue weighted by Gasteiger charge is -2.46. The molecule has 3 saturated heterocycles. The molecule has 6 atom stereocenters. The lowest BCUT2D eigenvalue weighted by Crippen LogP contribution is -2.64. The van der Waals surface area contributed by atoms with Crippen molar-refractivity contribution >= 4 is 58.8 Å². The van der Waals surface area contributed by atoms with Gasteiger partial charge in [-0.25, -0.2) is 14.4 Å². The van der Waals surface area contributed by atoms with E-state index in [4.69, 9.17) is 14.2 Å². The fourth-order valence-electron chi connectivity index (χ4n) is 8.07. The van der Waals surface area contributed by atoms with E-state index in [9.17, 15) is 59.4 Å². The number of fused-ring (bicyclic) bond motifs is 1. The highest BCUT2D eigenvalue weighted by atomic mass is 32.2. The van der Waals surface area contributed by atoms with E-state index >= 15 is 0 Å². The minimum atomic E-state index is -1.06. The highest BCUT2D eigenvalue weighted by molar-refractivity contribution is 8.03. The van der Waals surface area contributed by atoms with E-state index in [0.717, 1.165) is 0 Å². The van der Waals surface area contributed by atoms with Crippen LogP contribution in [-0.4, -0.2) is 114 Å². The average Bonchev–Trinajstić information content (AvgIpc) is 3.79. The molecular weight excluding hydrogens is 863 g/mol. The molecule has 0 radical (unpaired) electrons. The van der Waals surface area contributed by atoms with Crippen LogP contribution >= 0.6 is 11.8 Å². The number of carbonyl (C=O) groups excluding carboxylic acids is 5. The van der Waals surface area contributed by atoms with Crippen molar-refractivity contribution in [2.75, 3.05) is 19.6 Å². The van der Waals surface area contributed by atoms with E-state index in [1.54, 1.807) is 6.92 Å². The number of likely N-dealkylation sites (tertiary alicyclic amines) is 2. The maximum Gasteiger partial charge on any atom is 0.410 e. The molecule has 0 spiro atoms. The first-order valence-corrected chi connectivity index (χ1v) is 20.8. The maximum absolute atomic E-state index is 14.1. The minimum absolute atomic E-state index is 0.0366. The summed E-state index contributed by atoms with van der Waals surface area (Å²) >= 11 is 1.20. The van der Waals surface area contributed by atoms with Crippen LogP contribution in [0.1, 0.15) is 37.0 Å². The summed E-state index contributed by atoms with van der Waals surface area (Å²) in [6.45, 7) is 2.72. The molecule has 0 unspecified atom stereocenters. The summed E-state index contributed by atoms with van der Waals surface area (Å²) in [5.74, 6) is -3.04. The molecule has 4 amide bonds. The number of nitrogens with one attached hydrogen (secondary N) is 1. The Morgan fingerprint density at radius 2 is 1.27 bits per heavy atom. The third-order valence-electron chi connectivity index (χ3n) is 11.4. The molecule has 22 nitrogen and oxygen atoms in total. The number of esters is 1. The molecule has 3 aromatic carbocycles. The van der Waals surface area contributed by atoms with Crippen molar-refractivity contribution in [3.8, 4) is 0 Å². The summed E-state index contributed by atoms with van der Waals surface area (Å²) in [5.41, 5.74) is 0.969. The third-order valence-corrected chi connectivity index (χ3v) is 12.9. The Balaban J connectivity index is 1.05. The molecule has 7 rings (SSSR count). The van der Waals surface area contributed by atoms with Gasteiger partial charge in [0.1, 0.15) is 31.6 Å². The second-order valence-corrected chi connectivity index (χ2v) is 17.0. The first kappa shape index (κ1) is 44.9. The van der Waals surface area contributed by atoms with Crippen LogP contribution in [0.15, 0.2) is 83.4 Å². The maximum atomic E-state index is 14.1. The van der Waals surface area contributed by atoms with Gasteiger partial charge >= 0.3 is 18.2 Å².